The van der Waals surface area contributed by atoms with Gasteiger partial charge in [-0.15, -0.1) is 0 Å². The number of fused-ring (bicyclic) bond motifs is 3. The van der Waals surface area contributed by atoms with Crippen molar-refractivity contribution in [3.8, 4) is 11.6 Å². The molecule has 3 unspecified atom stereocenters. The number of aromatic nitrogens is 1. The van der Waals surface area contributed by atoms with E-state index in [0.717, 1.165) is 12.0 Å². The quantitative estimate of drug-likeness (QED) is 0.908. The number of aliphatic hydroxyl groups excluding tert-OH is 1. The van der Waals surface area contributed by atoms with E-state index in [4.69, 9.17) is 9.47 Å². The predicted molar refractivity (Wildman–Crippen MR) is 83.4 cm³/mol. The first kappa shape index (κ1) is 14.5. The van der Waals surface area contributed by atoms with E-state index in [1.165, 1.54) is 7.11 Å². The van der Waals surface area contributed by atoms with Crippen molar-refractivity contribution in [3.63, 3.8) is 0 Å². The maximum atomic E-state index is 11.3. The van der Waals surface area contributed by atoms with Crippen LogP contribution in [0.5, 0.6) is 11.6 Å². The summed E-state index contributed by atoms with van der Waals surface area (Å²) < 4.78 is 11.5. The molecule has 1 aliphatic heterocycles. The molecule has 5 heteroatoms. The van der Waals surface area contributed by atoms with Gasteiger partial charge in [-0.2, -0.15) is 0 Å². The smallest absolute Gasteiger partial charge is 0.223 e. The Morgan fingerprint density at radius 3 is 2.83 bits per heavy atom. The molecule has 1 fully saturated rings. The van der Waals surface area contributed by atoms with Crippen LogP contribution in [0.2, 0.25) is 0 Å². The largest absolute Gasteiger partial charge is 0.486 e. The molecule has 0 amide bonds. The van der Waals surface area contributed by atoms with Gasteiger partial charge in [-0.1, -0.05) is 30.3 Å². The average Bonchev–Trinajstić information content (AvgIpc) is 3.06. The van der Waals surface area contributed by atoms with Crippen LogP contribution in [0.3, 0.4) is 0 Å². The van der Waals surface area contributed by atoms with Gasteiger partial charge in [-0.05, 0) is 18.4 Å². The van der Waals surface area contributed by atoms with Gasteiger partial charge in [0.15, 0.2) is 0 Å². The van der Waals surface area contributed by atoms with Crippen LogP contribution in [-0.2, 0) is 12.2 Å². The monoisotopic (exact) mass is 313 g/mol. The summed E-state index contributed by atoms with van der Waals surface area (Å²) >= 11 is 0. The molecule has 2 aromatic rings. The Bertz CT molecular complexity index is 733. The maximum absolute atomic E-state index is 11.3. The summed E-state index contributed by atoms with van der Waals surface area (Å²) in [5.41, 5.74) is 1.15. The molecule has 1 aromatic carbocycles. The van der Waals surface area contributed by atoms with Gasteiger partial charge < -0.3 is 19.7 Å². The van der Waals surface area contributed by atoms with Crippen LogP contribution < -0.4 is 9.47 Å². The molecule has 2 aliphatic rings. The molecule has 1 aliphatic carbocycles. The van der Waals surface area contributed by atoms with Gasteiger partial charge in [0, 0.05) is 12.0 Å². The minimum Gasteiger partial charge on any atom is -0.486 e. The summed E-state index contributed by atoms with van der Waals surface area (Å²) in [5.74, 6) is 1.02. The SMILES string of the molecule is COc1nc(CO)cc2c1C1(O)CCC(c3ccccc3)C1O2. The number of rotatable bonds is 3. The third kappa shape index (κ3) is 2.04. The van der Waals surface area contributed by atoms with E-state index >= 15 is 0 Å². The molecule has 0 spiro atoms. The van der Waals surface area contributed by atoms with E-state index < -0.39 is 5.60 Å². The summed E-state index contributed by atoms with van der Waals surface area (Å²) in [4.78, 5) is 4.27. The summed E-state index contributed by atoms with van der Waals surface area (Å²) in [5, 5.41) is 20.6. The van der Waals surface area contributed by atoms with E-state index in [2.05, 4.69) is 17.1 Å². The highest BCUT2D eigenvalue weighted by molar-refractivity contribution is 5.52. The maximum Gasteiger partial charge on any atom is 0.223 e. The second-order valence-corrected chi connectivity index (χ2v) is 6.17. The number of nitrogens with zero attached hydrogens (tertiary/aromatic N) is 1. The Morgan fingerprint density at radius 2 is 2.13 bits per heavy atom. The third-order valence-corrected chi connectivity index (χ3v) is 4.95. The van der Waals surface area contributed by atoms with Gasteiger partial charge in [-0.3, -0.25) is 0 Å². The Labute approximate surface area is 134 Å². The van der Waals surface area contributed by atoms with Crippen LogP contribution in [0.25, 0.3) is 0 Å². The van der Waals surface area contributed by atoms with E-state index in [0.29, 0.717) is 29.3 Å². The lowest BCUT2D eigenvalue weighted by atomic mass is 9.88. The van der Waals surface area contributed by atoms with Gasteiger partial charge in [0.1, 0.15) is 17.5 Å². The van der Waals surface area contributed by atoms with Gasteiger partial charge >= 0.3 is 0 Å². The molecule has 3 atom stereocenters. The lowest BCUT2D eigenvalue weighted by Crippen LogP contribution is -2.35. The second kappa shape index (κ2) is 5.22. The highest BCUT2D eigenvalue weighted by atomic mass is 16.5. The molecular formula is C18H19NO4. The Morgan fingerprint density at radius 1 is 1.35 bits per heavy atom. The average molecular weight is 313 g/mol. The first-order chi connectivity index (χ1) is 11.2. The number of methoxy groups -OCH3 is 1. The van der Waals surface area contributed by atoms with Gasteiger partial charge in [-0.25, -0.2) is 4.98 Å². The van der Waals surface area contributed by atoms with Crippen molar-refractivity contribution in [3.05, 3.63) is 53.2 Å². The van der Waals surface area contributed by atoms with Crippen molar-refractivity contribution >= 4 is 0 Å². The molecule has 0 bridgehead atoms. The summed E-state index contributed by atoms with van der Waals surface area (Å²) in [7, 11) is 1.52. The van der Waals surface area contributed by atoms with Crippen molar-refractivity contribution in [2.24, 2.45) is 0 Å². The first-order valence-electron chi connectivity index (χ1n) is 7.80. The minimum atomic E-state index is -1.10. The normalized spacial score (nSPS) is 28.1. The molecule has 120 valence electrons. The Hall–Kier alpha value is -2.11. The zero-order valence-electron chi connectivity index (χ0n) is 12.9. The molecule has 4 rings (SSSR count). The summed E-state index contributed by atoms with van der Waals surface area (Å²) in [6.07, 6.45) is 1.08. The fourth-order valence-electron chi connectivity index (χ4n) is 3.90. The molecule has 1 aromatic heterocycles. The van der Waals surface area contributed by atoms with Gasteiger partial charge in [0.25, 0.3) is 0 Å². The van der Waals surface area contributed by atoms with Gasteiger partial charge in [0.2, 0.25) is 5.88 Å². The predicted octanol–water partition coefficient (Wildman–Crippen LogP) is 2.11. The molecule has 1 saturated carbocycles. The van der Waals surface area contributed by atoms with Crippen LogP contribution in [-0.4, -0.2) is 28.4 Å². The van der Waals surface area contributed by atoms with Crippen LogP contribution in [0.1, 0.15) is 35.6 Å². The zero-order valence-corrected chi connectivity index (χ0v) is 12.9. The highest BCUT2D eigenvalue weighted by Gasteiger charge is 2.58. The standard InChI is InChI=1S/C18H19NO4/c1-22-17-15-14(9-12(10-20)19-17)23-16-13(7-8-18(15,16)21)11-5-3-2-4-6-11/h2-6,9,13,16,20-21H,7-8,10H2,1H3. The highest BCUT2D eigenvalue weighted by Crippen LogP contribution is 2.57. The van der Waals surface area contributed by atoms with E-state index in [1.807, 2.05) is 18.2 Å². The fraction of sp³-hybridized carbons (Fsp3) is 0.389. The topological polar surface area (TPSA) is 71.8 Å². The fourth-order valence-corrected chi connectivity index (χ4v) is 3.90. The molecule has 5 nitrogen and oxygen atoms in total. The molecular weight excluding hydrogens is 294 g/mol. The van der Waals surface area contributed by atoms with E-state index in [1.54, 1.807) is 6.07 Å². The van der Waals surface area contributed by atoms with Crippen molar-refractivity contribution < 1.29 is 19.7 Å². The van der Waals surface area contributed by atoms with E-state index in [9.17, 15) is 10.2 Å². The number of hydrogen-bond acceptors (Lipinski definition) is 5. The third-order valence-electron chi connectivity index (χ3n) is 4.95. The number of benzene rings is 1. The molecule has 2 heterocycles. The number of hydrogen-bond donors (Lipinski definition) is 2. The lowest BCUT2D eigenvalue weighted by Gasteiger charge is -2.25. The van der Waals surface area contributed by atoms with Crippen LogP contribution >= 0.6 is 0 Å². The van der Waals surface area contributed by atoms with E-state index in [-0.39, 0.29) is 18.6 Å². The lowest BCUT2D eigenvalue weighted by molar-refractivity contribution is -0.0232. The second-order valence-electron chi connectivity index (χ2n) is 6.17. The minimum absolute atomic E-state index is 0.121. The molecule has 2 N–H and O–H groups in total. The number of ether oxygens (including phenoxy) is 2. The Balaban J connectivity index is 1.79. The van der Waals surface area contributed by atoms with Crippen LogP contribution in [0.4, 0.5) is 0 Å². The Kier molecular flexibility index (Phi) is 3.28. The van der Waals surface area contributed by atoms with Crippen molar-refractivity contribution in [2.75, 3.05) is 7.11 Å². The number of aliphatic hydroxyl groups is 2. The molecule has 23 heavy (non-hydrogen) atoms. The van der Waals surface area contributed by atoms with Crippen molar-refractivity contribution in [1.29, 1.82) is 0 Å². The van der Waals surface area contributed by atoms with Gasteiger partial charge in [0.05, 0.1) is 25.0 Å². The molecule has 0 saturated heterocycles. The van der Waals surface area contributed by atoms with Crippen LogP contribution in [0.15, 0.2) is 36.4 Å². The zero-order chi connectivity index (χ0) is 16.0. The number of pyridine rings is 1. The summed E-state index contributed by atoms with van der Waals surface area (Å²) in [6, 6.07) is 11.8. The summed E-state index contributed by atoms with van der Waals surface area (Å²) in [6.45, 7) is -0.196. The molecule has 0 radical (unpaired) electrons. The first-order valence-corrected chi connectivity index (χ1v) is 7.80. The van der Waals surface area contributed by atoms with Crippen LogP contribution in [0, 0.1) is 0 Å². The van der Waals surface area contributed by atoms with Crippen molar-refractivity contribution in [1.82, 2.24) is 4.98 Å². The van der Waals surface area contributed by atoms with Crippen molar-refractivity contribution in [2.45, 2.75) is 37.1 Å².